The molecule has 0 spiro atoms. The number of rotatable bonds is 9. The Morgan fingerprint density at radius 1 is 0.919 bits per heavy atom. The van der Waals surface area contributed by atoms with Gasteiger partial charge in [0.15, 0.2) is 0 Å². The summed E-state index contributed by atoms with van der Waals surface area (Å²) in [5.74, 6) is 3.81. The summed E-state index contributed by atoms with van der Waals surface area (Å²) < 4.78 is 6.05. The van der Waals surface area contributed by atoms with Crippen molar-refractivity contribution < 1.29 is 4.74 Å². The molecule has 37 heavy (non-hydrogen) atoms. The molecule has 1 aliphatic rings. The van der Waals surface area contributed by atoms with Crippen LogP contribution in [0.5, 0.6) is 11.6 Å². The molecule has 2 aromatic carbocycles. The van der Waals surface area contributed by atoms with Gasteiger partial charge in [0.05, 0.1) is 5.52 Å². The highest BCUT2D eigenvalue weighted by Gasteiger charge is 2.22. The van der Waals surface area contributed by atoms with Gasteiger partial charge < -0.3 is 20.3 Å². The first-order valence-electron chi connectivity index (χ1n) is 13.1. The van der Waals surface area contributed by atoms with Crippen LogP contribution in [0.2, 0.25) is 0 Å². The minimum atomic E-state index is 0.403. The summed E-state index contributed by atoms with van der Waals surface area (Å²) >= 11 is 0. The number of ether oxygens (including phenoxy) is 1. The minimum Gasteiger partial charge on any atom is -0.439 e. The van der Waals surface area contributed by atoms with Gasteiger partial charge in [-0.1, -0.05) is 35.9 Å². The molecule has 5 rings (SSSR count). The van der Waals surface area contributed by atoms with E-state index < -0.39 is 0 Å². The number of hydrogen-bond acceptors (Lipinski definition) is 7. The molecular weight excluding hydrogens is 460 g/mol. The zero-order valence-corrected chi connectivity index (χ0v) is 21.9. The molecule has 0 unspecified atom stereocenters. The number of nitrogens with zero attached hydrogens (tertiary/aromatic N) is 4. The molecule has 4 aromatic rings. The third kappa shape index (κ3) is 6.35. The molecule has 192 valence electrons. The lowest BCUT2D eigenvalue weighted by Gasteiger charge is -2.29. The molecule has 1 aliphatic carbocycles. The van der Waals surface area contributed by atoms with Crippen molar-refractivity contribution in [2.24, 2.45) is 5.92 Å². The lowest BCUT2D eigenvalue weighted by atomic mass is 9.86. The SMILES string of the molecule is Cc1ccc(Oc2ncccc2CNC[C@H]2CC[C@@H](Nc3nc(N(C)C)c4ccccc4n3)CC2)cc1. The summed E-state index contributed by atoms with van der Waals surface area (Å²) in [6, 6.07) is 20.7. The summed E-state index contributed by atoms with van der Waals surface area (Å²) in [4.78, 5) is 16.1. The van der Waals surface area contributed by atoms with Crippen LogP contribution < -0.4 is 20.3 Å². The number of fused-ring (bicyclic) bond motifs is 1. The highest BCUT2D eigenvalue weighted by atomic mass is 16.5. The molecule has 0 radical (unpaired) electrons. The van der Waals surface area contributed by atoms with Crippen LogP contribution in [0, 0.1) is 12.8 Å². The molecule has 0 saturated heterocycles. The predicted octanol–water partition coefficient (Wildman–Crippen LogP) is 5.95. The van der Waals surface area contributed by atoms with E-state index >= 15 is 0 Å². The highest BCUT2D eigenvalue weighted by Crippen LogP contribution is 2.29. The second-order valence-electron chi connectivity index (χ2n) is 10.2. The molecule has 2 N–H and O–H groups in total. The second kappa shape index (κ2) is 11.6. The van der Waals surface area contributed by atoms with Gasteiger partial charge in [-0.2, -0.15) is 4.98 Å². The van der Waals surface area contributed by atoms with Gasteiger partial charge in [0.25, 0.3) is 0 Å². The minimum absolute atomic E-state index is 0.403. The van der Waals surface area contributed by atoms with Crippen molar-refractivity contribution in [1.82, 2.24) is 20.3 Å². The third-order valence-corrected chi connectivity index (χ3v) is 7.02. The molecular formula is C30H36N6O. The Bertz CT molecular complexity index is 1320. The molecule has 0 amide bonds. The molecule has 0 aliphatic heterocycles. The van der Waals surface area contributed by atoms with E-state index in [0.717, 1.165) is 59.9 Å². The number of pyridine rings is 1. The molecule has 0 atom stereocenters. The average Bonchev–Trinajstić information content (AvgIpc) is 2.91. The van der Waals surface area contributed by atoms with Crippen molar-refractivity contribution in [2.75, 3.05) is 30.9 Å². The zero-order valence-electron chi connectivity index (χ0n) is 21.9. The maximum absolute atomic E-state index is 6.05. The molecule has 1 fully saturated rings. The Morgan fingerprint density at radius 3 is 2.49 bits per heavy atom. The van der Waals surface area contributed by atoms with Crippen molar-refractivity contribution in [3.63, 3.8) is 0 Å². The van der Waals surface area contributed by atoms with Gasteiger partial charge in [-0.25, -0.2) is 9.97 Å². The van der Waals surface area contributed by atoms with E-state index in [-0.39, 0.29) is 0 Å². The zero-order chi connectivity index (χ0) is 25.6. The third-order valence-electron chi connectivity index (χ3n) is 7.02. The summed E-state index contributed by atoms with van der Waals surface area (Å²) in [6.07, 6.45) is 6.38. The van der Waals surface area contributed by atoms with Crippen molar-refractivity contribution in [1.29, 1.82) is 0 Å². The number of benzene rings is 2. The van der Waals surface area contributed by atoms with Crippen LogP contribution in [0.15, 0.2) is 66.9 Å². The van der Waals surface area contributed by atoms with Gasteiger partial charge in [-0.05, 0) is 75.4 Å². The lowest BCUT2D eigenvalue weighted by Crippen LogP contribution is -2.31. The largest absolute Gasteiger partial charge is 0.439 e. The fourth-order valence-electron chi connectivity index (χ4n) is 4.94. The van der Waals surface area contributed by atoms with Crippen molar-refractivity contribution in [2.45, 2.75) is 45.2 Å². The summed E-state index contributed by atoms with van der Waals surface area (Å²) in [6.45, 7) is 3.80. The van der Waals surface area contributed by atoms with Gasteiger partial charge in [0, 0.05) is 43.8 Å². The Labute approximate surface area is 219 Å². The first kappa shape index (κ1) is 25.0. The van der Waals surface area contributed by atoms with Gasteiger partial charge in [-0.15, -0.1) is 0 Å². The van der Waals surface area contributed by atoms with Gasteiger partial charge >= 0.3 is 0 Å². The maximum atomic E-state index is 6.05. The normalized spacial score (nSPS) is 17.5. The molecule has 7 nitrogen and oxygen atoms in total. The first-order chi connectivity index (χ1) is 18.0. The van der Waals surface area contributed by atoms with Crippen LogP contribution >= 0.6 is 0 Å². The van der Waals surface area contributed by atoms with Crippen LogP contribution in [0.25, 0.3) is 10.9 Å². The van der Waals surface area contributed by atoms with Crippen molar-refractivity contribution >= 4 is 22.7 Å². The van der Waals surface area contributed by atoms with Crippen LogP contribution in [0.4, 0.5) is 11.8 Å². The molecule has 7 heteroatoms. The molecule has 0 bridgehead atoms. The number of hydrogen-bond donors (Lipinski definition) is 2. The Kier molecular flexibility index (Phi) is 7.80. The van der Waals surface area contributed by atoms with Crippen LogP contribution in [0.1, 0.15) is 36.8 Å². The van der Waals surface area contributed by atoms with Crippen molar-refractivity contribution in [3.05, 3.63) is 78.0 Å². The summed E-state index contributed by atoms with van der Waals surface area (Å²) in [5, 5.41) is 8.33. The Balaban J connectivity index is 1.12. The number of nitrogens with one attached hydrogen (secondary N) is 2. The van der Waals surface area contributed by atoms with Crippen LogP contribution in [0.3, 0.4) is 0 Å². The van der Waals surface area contributed by atoms with Gasteiger partial charge in [-0.3, -0.25) is 0 Å². The maximum Gasteiger partial charge on any atom is 0.225 e. The van der Waals surface area contributed by atoms with E-state index in [1.807, 2.05) is 44.4 Å². The molecule has 2 heterocycles. The lowest BCUT2D eigenvalue weighted by molar-refractivity contribution is 0.323. The average molecular weight is 497 g/mol. The molecule has 2 aromatic heterocycles. The van der Waals surface area contributed by atoms with Gasteiger partial charge in [0.1, 0.15) is 11.6 Å². The summed E-state index contributed by atoms with van der Waals surface area (Å²) in [7, 11) is 4.06. The standard InChI is InChI=1S/C30H36N6O/c1-21-10-16-25(17-11-21)37-29-23(7-6-18-32-29)20-31-19-22-12-14-24(15-13-22)33-30-34-27-9-5-4-8-26(27)28(35-30)36(2)3/h4-11,16-18,22,24,31H,12-15,19-20H2,1-3H3,(H,33,34,35)/t22-,24+. The highest BCUT2D eigenvalue weighted by molar-refractivity contribution is 5.90. The Hall–Kier alpha value is -3.71. The molecule has 1 saturated carbocycles. The van der Waals surface area contributed by atoms with E-state index in [0.29, 0.717) is 17.8 Å². The predicted molar refractivity (Wildman–Crippen MR) is 150 cm³/mol. The van der Waals surface area contributed by atoms with E-state index in [2.05, 4.69) is 57.8 Å². The van der Waals surface area contributed by atoms with E-state index in [9.17, 15) is 0 Å². The van der Waals surface area contributed by atoms with Gasteiger partial charge in [0.2, 0.25) is 11.8 Å². The second-order valence-corrected chi connectivity index (χ2v) is 10.2. The van der Waals surface area contributed by atoms with E-state index in [1.165, 1.54) is 18.4 Å². The van der Waals surface area contributed by atoms with E-state index in [1.54, 1.807) is 6.20 Å². The fraction of sp³-hybridized carbons (Fsp3) is 0.367. The number of para-hydroxylation sites is 1. The smallest absolute Gasteiger partial charge is 0.225 e. The fourth-order valence-corrected chi connectivity index (χ4v) is 4.94. The monoisotopic (exact) mass is 496 g/mol. The summed E-state index contributed by atoms with van der Waals surface area (Å²) in [5.41, 5.74) is 3.26. The Morgan fingerprint density at radius 2 is 1.70 bits per heavy atom. The van der Waals surface area contributed by atoms with Crippen molar-refractivity contribution in [3.8, 4) is 11.6 Å². The van der Waals surface area contributed by atoms with Crippen LogP contribution in [-0.2, 0) is 6.54 Å². The quantitative estimate of drug-likeness (QED) is 0.296. The van der Waals surface area contributed by atoms with Crippen LogP contribution in [-0.4, -0.2) is 41.6 Å². The topological polar surface area (TPSA) is 75.2 Å². The number of anilines is 2. The number of aromatic nitrogens is 3. The first-order valence-corrected chi connectivity index (χ1v) is 13.1. The van der Waals surface area contributed by atoms with E-state index in [4.69, 9.17) is 14.7 Å². The number of aryl methyl sites for hydroxylation is 1.